The van der Waals surface area contributed by atoms with Crippen molar-refractivity contribution in [2.45, 2.75) is 33.9 Å². The van der Waals surface area contributed by atoms with Crippen LogP contribution < -0.4 is 11.2 Å². The molecule has 0 N–H and O–H groups in total. The molecule has 0 bridgehead atoms. The van der Waals surface area contributed by atoms with Gasteiger partial charge in [-0.15, -0.1) is 0 Å². The number of nitrogens with zero attached hydrogens (tertiary/aromatic N) is 2. The molecule has 0 spiro atoms. The van der Waals surface area contributed by atoms with E-state index in [4.69, 9.17) is 4.74 Å². The zero-order valence-electron chi connectivity index (χ0n) is 10.2. The van der Waals surface area contributed by atoms with Gasteiger partial charge in [-0.25, -0.2) is 9.36 Å². The molecule has 1 heterocycles. The third-order valence-electron chi connectivity index (χ3n) is 2.68. The predicted molar refractivity (Wildman–Crippen MR) is 61.7 cm³/mol. The Kier molecular flexibility index (Phi) is 4.06. The summed E-state index contributed by atoms with van der Waals surface area (Å²) >= 11 is 0. The monoisotopic (exact) mass is 226 g/mol. The molecule has 0 fully saturated rings. The Labute approximate surface area is 94.3 Å². The normalized spacial score (nSPS) is 10.8. The lowest BCUT2D eigenvalue weighted by atomic mass is 10.2. The molecule has 1 aromatic rings. The quantitative estimate of drug-likeness (QED) is 0.747. The minimum atomic E-state index is -0.319. The van der Waals surface area contributed by atoms with Crippen molar-refractivity contribution in [3.8, 4) is 0 Å². The average Bonchev–Trinajstić information content (AvgIpc) is 2.27. The molecule has 5 nitrogen and oxygen atoms in total. The number of hydrogen-bond donors (Lipinski definition) is 0. The largest absolute Gasteiger partial charge is 0.361 e. The van der Waals surface area contributed by atoms with Gasteiger partial charge < -0.3 is 9.30 Å². The maximum Gasteiger partial charge on any atom is 0.332 e. The third-order valence-corrected chi connectivity index (χ3v) is 2.68. The van der Waals surface area contributed by atoms with Gasteiger partial charge in [-0.1, -0.05) is 6.92 Å². The van der Waals surface area contributed by atoms with Gasteiger partial charge in [-0.3, -0.25) is 4.79 Å². The standard InChI is InChI=1S/C11H18N2O3/c1-5-9-8(3)10(14)13(7-16-6-2)11(15)12(9)4/h5-7H2,1-4H3. The van der Waals surface area contributed by atoms with Gasteiger partial charge in [0.2, 0.25) is 0 Å². The molecule has 0 saturated carbocycles. The molecule has 0 atom stereocenters. The summed E-state index contributed by atoms with van der Waals surface area (Å²) in [6.07, 6.45) is 0.669. The molecule has 0 radical (unpaired) electrons. The summed E-state index contributed by atoms with van der Waals surface area (Å²) < 4.78 is 7.75. The molecule has 0 aromatic carbocycles. The second-order valence-corrected chi connectivity index (χ2v) is 3.62. The fourth-order valence-corrected chi connectivity index (χ4v) is 1.76. The Hall–Kier alpha value is -1.36. The molecule has 0 amide bonds. The zero-order chi connectivity index (χ0) is 12.3. The summed E-state index contributed by atoms with van der Waals surface area (Å²) in [6.45, 7) is 5.98. The summed E-state index contributed by atoms with van der Waals surface area (Å²) in [4.78, 5) is 23.8. The highest BCUT2D eigenvalue weighted by Crippen LogP contribution is 1.99. The molecule has 1 aromatic heterocycles. The summed E-state index contributed by atoms with van der Waals surface area (Å²) in [6, 6.07) is 0. The van der Waals surface area contributed by atoms with Crippen molar-refractivity contribution in [2.75, 3.05) is 6.61 Å². The lowest BCUT2D eigenvalue weighted by molar-refractivity contribution is 0.0809. The van der Waals surface area contributed by atoms with Crippen LogP contribution in [0.5, 0.6) is 0 Å². The van der Waals surface area contributed by atoms with Crippen LogP contribution in [0.15, 0.2) is 9.59 Å². The number of rotatable bonds is 4. The van der Waals surface area contributed by atoms with Crippen LogP contribution in [-0.4, -0.2) is 15.7 Å². The summed E-state index contributed by atoms with van der Waals surface area (Å²) in [7, 11) is 1.68. The summed E-state index contributed by atoms with van der Waals surface area (Å²) in [5.41, 5.74) is 0.821. The van der Waals surface area contributed by atoms with E-state index >= 15 is 0 Å². The van der Waals surface area contributed by atoms with Crippen molar-refractivity contribution in [1.29, 1.82) is 0 Å². The lowest BCUT2D eigenvalue weighted by Gasteiger charge is -2.13. The molecule has 0 aliphatic carbocycles. The van der Waals surface area contributed by atoms with Crippen molar-refractivity contribution >= 4 is 0 Å². The highest BCUT2D eigenvalue weighted by atomic mass is 16.5. The zero-order valence-corrected chi connectivity index (χ0v) is 10.2. The van der Waals surface area contributed by atoms with Gasteiger partial charge in [0.15, 0.2) is 0 Å². The molecular formula is C11H18N2O3. The van der Waals surface area contributed by atoms with Crippen molar-refractivity contribution < 1.29 is 4.74 Å². The first kappa shape index (κ1) is 12.7. The number of ether oxygens (including phenoxy) is 1. The van der Waals surface area contributed by atoms with Gasteiger partial charge in [0.25, 0.3) is 5.56 Å². The van der Waals surface area contributed by atoms with Crippen molar-refractivity contribution in [2.24, 2.45) is 7.05 Å². The number of aromatic nitrogens is 2. The van der Waals surface area contributed by atoms with Crippen LogP contribution in [-0.2, 0) is 24.9 Å². The highest BCUT2D eigenvalue weighted by molar-refractivity contribution is 5.16. The van der Waals surface area contributed by atoms with Crippen LogP contribution in [0.2, 0.25) is 0 Å². The minimum absolute atomic E-state index is 0.0207. The van der Waals surface area contributed by atoms with E-state index in [1.807, 2.05) is 13.8 Å². The smallest absolute Gasteiger partial charge is 0.332 e. The first-order chi connectivity index (χ1) is 7.54. The van der Waals surface area contributed by atoms with Crippen LogP contribution in [0.3, 0.4) is 0 Å². The van der Waals surface area contributed by atoms with Crippen LogP contribution in [0.1, 0.15) is 25.1 Å². The molecule has 0 unspecified atom stereocenters. The summed E-state index contributed by atoms with van der Waals surface area (Å²) in [5.74, 6) is 0. The fourth-order valence-electron chi connectivity index (χ4n) is 1.76. The fraction of sp³-hybridized carbons (Fsp3) is 0.636. The maximum atomic E-state index is 11.9. The highest BCUT2D eigenvalue weighted by Gasteiger charge is 2.12. The van der Waals surface area contributed by atoms with Gasteiger partial charge >= 0.3 is 5.69 Å². The molecular weight excluding hydrogens is 208 g/mol. The molecule has 90 valence electrons. The SMILES string of the molecule is CCOCn1c(=O)c(C)c(CC)n(C)c1=O. The molecule has 0 aliphatic heterocycles. The second kappa shape index (κ2) is 5.12. The second-order valence-electron chi connectivity index (χ2n) is 3.62. The van der Waals surface area contributed by atoms with E-state index in [0.29, 0.717) is 18.6 Å². The van der Waals surface area contributed by atoms with E-state index in [9.17, 15) is 9.59 Å². The first-order valence-electron chi connectivity index (χ1n) is 5.41. The predicted octanol–water partition coefficient (Wildman–Crippen LogP) is 0.412. The van der Waals surface area contributed by atoms with E-state index in [-0.39, 0.29) is 18.0 Å². The van der Waals surface area contributed by atoms with E-state index in [1.54, 1.807) is 14.0 Å². The lowest BCUT2D eigenvalue weighted by Crippen LogP contribution is -2.42. The third kappa shape index (κ3) is 2.09. The topological polar surface area (TPSA) is 53.2 Å². The van der Waals surface area contributed by atoms with Gasteiger partial charge in [-0.05, 0) is 20.3 Å². The van der Waals surface area contributed by atoms with Gasteiger partial charge in [0.1, 0.15) is 6.73 Å². The van der Waals surface area contributed by atoms with Crippen LogP contribution >= 0.6 is 0 Å². The van der Waals surface area contributed by atoms with E-state index in [0.717, 1.165) is 10.3 Å². The van der Waals surface area contributed by atoms with E-state index < -0.39 is 0 Å². The van der Waals surface area contributed by atoms with E-state index in [1.165, 1.54) is 4.57 Å². The Bertz CT molecular complexity index is 448. The Morgan fingerprint density at radius 3 is 2.38 bits per heavy atom. The van der Waals surface area contributed by atoms with Gasteiger partial charge in [0.05, 0.1) is 0 Å². The van der Waals surface area contributed by atoms with Gasteiger partial charge in [0, 0.05) is 24.9 Å². The molecule has 1 rings (SSSR count). The Balaban J connectivity index is 3.42. The number of hydrogen-bond acceptors (Lipinski definition) is 3. The minimum Gasteiger partial charge on any atom is -0.361 e. The van der Waals surface area contributed by atoms with Crippen LogP contribution in [0.4, 0.5) is 0 Å². The Morgan fingerprint density at radius 2 is 1.88 bits per heavy atom. The van der Waals surface area contributed by atoms with Crippen molar-refractivity contribution in [3.63, 3.8) is 0 Å². The van der Waals surface area contributed by atoms with Crippen LogP contribution in [0.25, 0.3) is 0 Å². The molecule has 16 heavy (non-hydrogen) atoms. The maximum absolute atomic E-state index is 11.9. The summed E-state index contributed by atoms with van der Waals surface area (Å²) in [5, 5.41) is 0. The Morgan fingerprint density at radius 1 is 1.25 bits per heavy atom. The van der Waals surface area contributed by atoms with Gasteiger partial charge in [-0.2, -0.15) is 0 Å². The average molecular weight is 226 g/mol. The van der Waals surface area contributed by atoms with E-state index in [2.05, 4.69) is 0 Å². The molecule has 0 saturated heterocycles. The van der Waals surface area contributed by atoms with Crippen LogP contribution in [0, 0.1) is 6.92 Å². The van der Waals surface area contributed by atoms with Crippen molar-refractivity contribution in [3.05, 3.63) is 32.1 Å². The first-order valence-corrected chi connectivity index (χ1v) is 5.41. The van der Waals surface area contributed by atoms with Crippen molar-refractivity contribution in [1.82, 2.24) is 9.13 Å². The molecule has 0 aliphatic rings. The molecule has 5 heteroatoms.